The zero-order valence-electron chi connectivity index (χ0n) is 8.80. The maximum atomic E-state index is 5.99. The molecule has 0 saturated carbocycles. The van der Waals surface area contributed by atoms with Crippen LogP contribution in [-0.4, -0.2) is 7.11 Å². The normalized spacial score (nSPS) is 12.6. The van der Waals surface area contributed by atoms with Crippen LogP contribution in [0.25, 0.3) is 0 Å². The van der Waals surface area contributed by atoms with E-state index in [2.05, 4.69) is 0 Å². The SMILES string of the molecule is CCC(N)c1cc(C)c(Cl)cc1OC. The molecule has 2 nitrogen and oxygen atoms in total. The molecule has 1 atom stereocenters. The Balaban J connectivity index is 3.19. The van der Waals surface area contributed by atoms with Gasteiger partial charge in [0.05, 0.1) is 7.11 Å². The molecule has 0 fully saturated rings. The molecule has 1 aromatic rings. The predicted molar refractivity (Wildman–Crippen MR) is 60.0 cm³/mol. The maximum Gasteiger partial charge on any atom is 0.125 e. The van der Waals surface area contributed by atoms with Crippen molar-refractivity contribution in [2.45, 2.75) is 26.3 Å². The van der Waals surface area contributed by atoms with Crippen molar-refractivity contribution < 1.29 is 4.74 Å². The van der Waals surface area contributed by atoms with Gasteiger partial charge in [0, 0.05) is 16.6 Å². The molecular formula is C11H16ClNO. The Hall–Kier alpha value is -0.730. The van der Waals surface area contributed by atoms with E-state index in [9.17, 15) is 0 Å². The molecule has 0 amide bonds. The smallest absolute Gasteiger partial charge is 0.125 e. The molecule has 14 heavy (non-hydrogen) atoms. The highest BCUT2D eigenvalue weighted by Gasteiger charge is 2.12. The summed E-state index contributed by atoms with van der Waals surface area (Å²) in [5.74, 6) is 0.773. The van der Waals surface area contributed by atoms with Gasteiger partial charge in [0.1, 0.15) is 5.75 Å². The van der Waals surface area contributed by atoms with Gasteiger partial charge in [0.15, 0.2) is 0 Å². The Kier molecular flexibility index (Phi) is 3.78. The van der Waals surface area contributed by atoms with E-state index in [1.807, 2.05) is 26.0 Å². The van der Waals surface area contributed by atoms with Crippen molar-refractivity contribution in [2.24, 2.45) is 5.73 Å². The van der Waals surface area contributed by atoms with Gasteiger partial charge in [-0.1, -0.05) is 18.5 Å². The number of hydrogen-bond donors (Lipinski definition) is 1. The minimum atomic E-state index is 0.0147. The summed E-state index contributed by atoms with van der Waals surface area (Å²) >= 11 is 5.99. The first-order valence-corrected chi connectivity index (χ1v) is 5.07. The summed E-state index contributed by atoms with van der Waals surface area (Å²) in [5, 5.41) is 0.717. The summed E-state index contributed by atoms with van der Waals surface area (Å²) < 4.78 is 5.24. The van der Waals surface area contributed by atoms with Crippen LogP contribution in [0.4, 0.5) is 0 Å². The van der Waals surface area contributed by atoms with Crippen LogP contribution in [0.5, 0.6) is 5.75 Å². The van der Waals surface area contributed by atoms with Gasteiger partial charge in [-0.25, -0.2) is 0 Å². The van der Waals surface area contributed by atoms with Gasteiger partial charge < -0.3 is 10.5 Å². The molecule has 1 unspecified atom stereocenters. The van der Waals surface area contributed by atoms with Gasteiger partial charge in [-0.3, -0.25) is 0 Å². The lowest BCUT2D eigenvalue weighted by Crippen LogP contribution is -2.10. The van der Waals surface area contributed by atoms with E-state index < -0.39 is 0 Å². The second-order valence-corrected chi connectivity index (χ2v) is 3.77. The molecule has 3 heteroatoms. The van der Waals surface area contributed by atoms with Crippen molar-refractivity contribution in [3.63, 3.8) is 0 Å². The summed E-state index contributed by atoms with van der Waals surface area (Å²) in [7, 11) is 1.63. The summed E-state index contributed by atoms with van der Waals surface area (Å²) in [4.78, 5) is 0. The fourth-order valence-corrected chi connectivity index (χ4v) is 1.53. The van der Waals surface area contributed by atoms with Gasteiger partial charge >= 0.3 is 0 Å². The van der Waals surface area contributed by atoms with Crippen LogP contribution in [0, 0.1) is 6.92 Å². The molecular weight excluding hydrogens is 198 g/mol. The number of halogens is 1. The number of ether oxygens (including phenoxy) is 1. The number of nitrogens with two attached hydrogens (primary N) is 1. The summed E-state index contributed by atoms with van der Waals surface area (Å²) in [6.07, 6.45) is 0.886. The third-order valence-electron chi connectivity index (χ3n) is 2.35. The second kappa shape index (κ2) is 4.67. The highest BCUT2D eigenvalue weighted by atomic mass is 35.5. The number of methoxy groups -OCH3 is 1. The zero-order chi connectivity index (χ0) is 10.7. The molecule has 0 heterocycles. The molecule has 0 aliphatic rings. The van der Waals surface area contributed by atoms with Crippen molar-refractivity contribution in [3.05, 3.63) is 28.3 Å². The van der Waals surface area contributed by atoms with Gasteiger partial charge in [0.2, 0.25) is 0 Å². The predicted octanol–water partition coefficient (Wildman–Crippen LogP) is 3.07. The van der Waals surface area contributed by atoms with Crippen molar-refractivity contribution in [1.29, 1.82) is 0 Å². The Morgan fingerprint density at radius 2 is 2.14 bits per heavy atom. The maximum absolute atomic E-state index is 5.99. The Bertz CT molecular complexity index is 325. The quantitative estimate of drug-likeness (QED) is 0.838. The van der Waals surface area contributed by atoms with E-state index in [1.54, 1.807) is 7.11 Å². The van der Waals surface area contributed by atoms with Crippen LogP contribution in [0.2, 0.25) is 5.02 Å². The average molecular weight is 214 g/mol. The molecule has 78 valence electrons. The van der Waals surface area contributed by atoms with Gasteiger partial charge in [-0.05, 0) is 31.0 Å². The Morgan fingerprint density at radius 1 is 1.50 bits per heavy atom. The molecule has 0 bridgehead atoms. The van der Waals surface area contributed by atoms with Crippen LogP contribution >= 0.6 is 11.6 Å². The third kappa shape index (κ3) is 2.20. The first-order valence-electron chi connectivity index (χ1n) is 4.69. The fraction of sp³-hybridized carbons (Fsp3) is 0.455. The van der Waals surface area contributed by atoms with E-state index in [-0.39, 0.29) is 6.04 Å². The molecule has 0 aromatic heterocycles. The Morgan fingerprint density at radius 3 is 2.64 bits per heavy atom. The van der Waals surface area contributed by atoms with Crippen molar-refractivity contribution in [3.8, 4) is 5.75 Å². The number of rotatable bonds is 3. The molecule has 0 radical (unpaired) electrons. The molecule has 0 saturated heterocycles. The first-order chi connectivity index (χ1) is 6.60. The lowest BCUT2D eigenvalue weighted by Gasteiger charge is -2.15. The number of benzene rings is 1. The molecule has 0 aliphatic carbocycles. The number of aryl methyl sites for hydroxylation is 1. The van der Waals surface area contributed by atoms with Crippen molar-refractivity contribution in [1.82, 2.24) is 0 Å². The van der Waals surface area contributed by atoms with E-state index in [0.29, 0.717) is 5.02 Å². The van der Waals surface area contributed by atoms with Crippen LogP contribution in [0.15, 0.2) is 12.1 Å². The van der Waals surface area contributed by atoms with Crippen LogP contribution < -0.4 is 10.5 Å². The van der Waals surface area contributed by atoms with Crippen molar-refractivity contribution in [2.75, 3.05) is 7.11 Å². The average Bonchev–Trinajstić information content (AvgIpc) is 2.20. The summed E-state index contributed by atoms with van der Waals surface area (Å²) in [5.41, 5.74) is 8.03. The van der Waals surface area contributed by atoms with E-state index in [0.717, 1.165) is 23.3 Å². The van der Waals surface area contributed by atoms with Gasteiger partial charge in [0.25, 0.3) is 0 Å². The van der Waals surface area contributed by atoms with E-state index >= 15 is 0 Å². The lowest BCUT2D eigenvalue weighted by atomic mass is 10.0. The standard InChI is InChI=1S/C11H16ClNO/c1-4-10(13)8-5-7(2)9(12)6-11(8)14-3/h5-6,10H,4,13H2,1-3H3. The highest BCUT2D eigenvalue weighted by molar-refractivity contribution is 6.31. The van der Waals surface area contributed by atoms with E-state index in [1.165, 1.54) is 0 Å². The lowest BCUT2D eigenvalue weighted by molar-refractivity contribution is 0.405. The van der Waals surface area contributed by atoms with E-state index in [4.69, 9.17) is 22.1 Å². The minimum Gasteiger partial charge on any atom is -0.496 e. The molecule has 0 spiro atoms. The molecule has 0 aliphatic heterocycles. The Labute approximate surface area is 90.0 Å². The molecule has 1 aromatic carbocycles. The first kappa shape index (κ1) is 11.3. The van der Waals surface area contributed by atoms with Gasteiger partial charge in [-0.2, -0.15) is 0 Å². The third-order valence-corrected chi connectivity index (χ3v) is 2.76. The molecule has 1 rings (SSSR count). The topological polar surface area (TPSA) is 35.2 Å². The largest absolute Gasteiger partial charge is 0.496 e. The van der Waals surface area contributed by atoms with Crippen molar-refractivity contribution >= 4 is 11.6 Å². The van der Waals surface area contributed by atoms with Crippen LogP contribution in [-0.2, 0) is 0 Å². The number of hydrogen-bond acceptors (Lipinski definition) is 2. The monoisotopic (exact) mass is 213 g/mol. The summed E-state index contributed by atoms with van der Waals surface area (Å²) in [6, 6.07) is 3.83. The van der Waals surface area contributed by atoms with Crippen LogP contribution in [0.1, 0.15) is 30.5 Å². The minimum absolute atomic E-state index is 0.0147. The summed E-state index contributed by atoms with van der Waals surface area (Å²) in [6.45, 7) is 4.02. The highest BCUT2D eigenvalue weighted by Crippen LogP contribution is 2.31. The van der Waals surface area contributed by atoms with Gasteiger partial charge in [-0.15, -0.1) is 0 Å². The second-order valence-electron chi connectivity index (χ2n) is 3.36. The zero-order valence-corrected chi connectivity index (χ0v) is 9.56. The molecule has 2 N–H and O–H groups in total. The fourth-order valence-electron chi connectivity index (χ4n) is 1.37. The van der Waals surface area contributed by atoms with Crippen LogP contribution in [0.3, 0.4) is 0 Å².